The second-order valence-corrected chi connectivity index (χ2v) is 3.80. The molecule has 3 N–H and O–H groups in total. The van der Waals surface area contributed by atoms with Gasteiger partial charge in [0.1, 0.15) is 0 Å². The van der Waals surface area contributed by atoms with Gasteiger partial charge in [0.15, 0.2) is 0 Å². The fourth-order valence-corrected chi connectivity index (χ4v) is 1.52. The normalized spacial score (nSPS) is 10.1. The van der Waals surface area contributed by atoms with Crippen molar-refractivity contribution in [3.63, 3.8) is 0 Å². The van der Waals surface area contributed by atoms with Gasteiger partial charge >= 0.3 is 0 Å². The molecule has 1 aromatic heterocycles. The molecule has 0 amide bonds. The second kappa shape index (κ2) is 4.66. The van der Waals surface area contributed by atoms with Gasteiger partial charge in [-0.3, -0.25) is 4.98 Å². The van der Waals surface area contributed by atoms with Crippen LogP contribution in [0.2, 0.25) is 0 Å². The first-order valence-electron chi connectivity index (χ1n) is 5.24. The molecule has 16 heavy (non-hydrogen) atoms. The molecule has 0 fully saturated rings. The molecule has 0 aliphatic heterocycles. The third-order valence-corrected chi connectivity index (χ3v) is 2.44. The number of anilines is 2. The highest BCUT2D eigenvalue weighted by Gasteiger charge is 1.98. The topological polar surface area (TPSA) is 50.9 Å². The van der Waals surface area contributed by atoms with Gasteiger partial charge in [-0.15, -0.1) is 0 Å². The predicted octanol–water partition coefficient (Wildman–Crippen LogP) is 2.58. The summed E-state index contributed by atoms with van der Waals surface area (Å²) in [6, 6.07) is 9.95. The molecule has 1 heterocycles. The lowest BCUT2D eigenvalue weighted by Gasteiger charge is -2.10. The Morgan fingerprint density at radius 1 is 1.19 bits per heavy atom. The summed E-state index contributed by atoms with van der Waals surface area (Å²) in [6.45, 7) is 2.81. The molecule has 3 heteroatoms. The lowest BCUT2D eigenvalue weighted by molar-refractivity contribution is 1.13. The zero-order valence-electron chi connectivity index (χ0n) is 9.27. The van der Waals surface area contributed by atoms with E-state index in [-0.39, 0.29) is 0 Å². The monoisotopic (exact) mass is 213 g/mol. The Labute approximate surface area is 95.3 Å². The van der Waals surface area contributed by atoms with E-state index >= 15 is 0 Å². The van der Waals surface area contributed by atoms with Gasteiger partial charge in [-0.2, -0.15) is 0 Å². The van der Waals surface area contributed by atoms with Crippen LogP contribution in [0, 0.1) is 6.92 Å². The van der Waals surface area contributed by atoms with Crippen LogP contribution in [0.15, 0.2) is 42.7 Å². The minimum Gasteiger partial charge on any atom is -0.397 e. The van der Waals surface area contributed by atoms with Crippen molar-refractivity contribution in [1.29, 1.82) is 0 Å². The molecule has 0 aliphatic rings. The van der Waals surface area contributed by atoms with E-state index in [1.807, 2.05) is 24.3 Å². The highest BCUT2D eigenvalue weighted by molar-refractivity contribution is 5.66. The Morgan fingerprint density at radius 2 is 1.94 bits per heavy atom. The Kier molecular flexibility index (Phi) is 3.05. The number of nitrogens with zero attached hydrogens (tertiary/aromatic N) is 1. The fourth-order valence-electron chi connectivity index (χ4n) is 1.52. The quantitative estimate of drug-likeness (QED) is 0.770. The summed E-state index contributed by atoms with van der Waals surface area (Å²) in [5, 5.41) is 3.32. The smallest absolute Gasteiger partial charge is 0.0579 e. The van der Waals surface area contributed by atoms with Crippen LogP contribution in [-0.2, 0) is 6.54 Å². The number of nitrogens with one attached hydrogen (secondary N) is 1. The maximum Gasteiger partial charge on any atom is 0.0579 e. The minimum absolute atomic E-state index is 0.760. The highest BCUT2D eigenvalue weighted by atomic mass is 14.9. The number of hydrogen-bond acceptors (Lipinski definition) is 3. The summed E-state index contributed by atoms with van der Waals surface area (Å²) >= 11 is 0. The van der Waals surface area contributed by atoms with E-state index in [4.69, 9.17) is 5.73 Å². The van der Waals surface area contributed by atoms with Crippen LogP contribution in [0.5, 0.6) is 0 Å². The molecule has 0 saturated heterocycles. The molecule has 0 unspecified atom stereocenters. The van der Waals surface area contributed by atoms with Gasteiger partial charge in [0.2, 0.25) is 0 Å². The van der Waals surface area contributed by atoms with Crippen molar-refractivity contribution in [1.82, 2.24) is 4.98 Å². The van der Waals surface area contributed by atoms with Crippen molar-refractivity contribution in [2.75, 3.05) is 11.1 Å². The molecule has 0 atom stereocenters. The van der Waals surface area contributed by atoms with Gasteiger partial charge in [0.05, 0.1) is 11.4 Å². The summed E-state index contributed by atoms with van der Waals surface area (Å²) in [7, 11) is 0. The van der Waals surface area contributed by atoms with Gasteiger partial charge in [-0.1, -0.05) is 6.07 Å². The zero-order chi connectivity index (χ0) is 11.4. The molecular weight excluding hydrogens is 198 g/mol. The molecule has 1 aromatic carbocycles. The van der Waals surface area contributed by atoms with Gasteiger partial charge < -0.3 is 11.1 Å². The van der Waals surface area contributed by atoms with Crippen molar-refractivity contribution < 1.29 is 0 Å². The van der Waals surface area contributed by atoms with Crippen molar-refractivity contribution in [3.8, 4) is 0 Å². The van der Waals surface area contributed by atoms with E-state index in [1.165, 1.54) is 11.1 Å². The second-order valence-electron chi connectivity index (χ2n) is 3.80. The molecule has 0 aliphatic carbocycles. The van der Waals surface area contributed by atoms with Gasteiger partial charge in [0, 0.05) is 18.9 Å². The van der Waals surface area contributed by atoms with Crippen molar-refractivity contribution in [2.45, 2.75) is 13.5 Å². The molecule has 0 spiro atoms. The number of aryl methyl sites for hydroxylation is 1. The van der Waals surface area contributed by atoms with Crippen molar-refractivity contribution in [2.24, 2.45) is 0 Å². The van der Waals surface area contributed by atoms with E-state index in [1.54, 1.807) is 12.4 Å². The molecular formula is C13H15N3. The lowest BCUT2D eigenvalue weighted by Crippen LogP contribution is -2.02. The van der Waals surface area contributed by atoms with E-state index in [0.717, 1.165) is 17.9 Å². The fraction of sp³-hybridized carbons (Fsp3) is 0.154. The summed E-state index contributed by atoms with van der Waals surface area (Å²) in [5.74, 6) is 0. The third kappa shape index (κ3) is 2.51. The number of nitrogen functional groups attached to an aromatic ring is 1. The van der Waals surface area contributed by atoms with Gasteiger partial charge in [-0.25, -0.2) is 0 Å². The minimum atomic E-state index is 0.760. The summed E-state index contributed by atoms with van der Waals surface area (Å²) in [6.07, 6.45) is 3.58. The molecule has 0 bridgehead atoms. The Morgan fingerprint density at radius 3 is 2.69 bits per heavy atom. The summed E-state index contributed by atoms with van der Waals surface area (Å²) in [4.78, 5) is 3.98. The van der Waals surface area contributed by atoms with Crippen molar-refractivity contribution in [3.05, 3.63) is 53.9 Å². The number of aromatic nitrogens is 1. The number of pyridine rings is 1. The third-order valence-electron chi connectivity index (χ3n) is 2.44. The van der Waals surface area contributed by atoms with Crippen LogP contribution in [0.3, 0.4) is 0 Å². The average molecular weight is 213 g/mol. The van der Waals surface area contributed by atoms with Crippen molar-refractivity contribution >= 4 is 11.4 Å². The molecule has 82 valence electrons. The largest absolute Gasteiger partial charge is 0.397 e. The van der Waals surface area contributed by atoms with E-state index in [2.05, 4.69) is 23.3 Å². The number of benzene rings is 1. The van der Waals surface area contributed by atoms with Crippen LogP contribution in [0.25, 0.3) is 0 Å². The first kappa shape index (κ1) is 10.5. The SMILES string of the molecule is Cc1ccc(N)c(NCc2ccncc2)c1. The number of rotatable bonds is 3. The molecule has 2 rings (SSSR count). The molecule has 0 radical (unpaired) electrons. The number of hydrogen-bond donors (Lipinski definition) is 2. The Hall–Kier alpha value is -2.03. The highest BCUT2D eigenvalue weighted by Crippen LogP contribution is 2.20. The van der Waals surface area contributed by atoms with E-state index in [9.17, 15) is 0 Å². The summed E-state index contributed by atoms with van der Waals surface area (Å²) < 4.78 is 0. The maximum absolute atomic E-state index is 5.88. The van der Waals surface area contributed by atoms with Crippen LogP contribution >= 0.6 is 0 Å². The lowest BCUT2D eigenvalue weighted by atomic mass is 10.2. The standard InChI is InChI=1S/C13H15N3/c1-10-2-3-12(14)13(8-10)16-9-11-4-6-15-7-5-11/h2-8,16H,9,14H2,1H3. The average Bonchev–Trinajstić information content (AvgIpc) is 2.32. The molecule has 0 saturated carbocycles. The van der Waals surface area contributed by atoms with E-state index in [0.29, 0.717) is 0 Å². The Balaban J connectivity index is 2.08. The number of nitrogens with two attached hydrogens (primary N) is 1. The Bertz CT molecular complexity index is 466. The van der Waals surface area contributed by atoms with Gasteiger partial charge in [0.25, 0.3) is 0 Å². The molecule has 2 aromatic rings. The van der Waals surface area contributed by atoms with Crippen LogP contribution in [0.4, 0.5) is 11.4 Å². The van der Waals surface area contributed by atoms with Crippen LogP contribution < -0.4 is 11.1 Å². The van der Waals surface area contributed by atoms with Crippen LogP contribution in [-0.4, -0.2) is 4.98 Å². The molecule has 3 nitrogen and oxygen atoms in total. The first-order valence-corrected chi connectivity index (χ1v) is 5.24. The van der Waals surface area contributed by atoms with Gasteiger partial charge in [-0.05, 0) is 42.3 Å². The van der Waals surface area contributed by atoms with Crippen LogP contribution in [0.1, 0.15) is 11.1 Å². The maximum atomic E-state index is 5.88. The summed E-state index contributed by atoms with van der Waals surface area (Å²) in [5.41, 5.74) is 10.0. The zero-order valence-corrected chi connectivity index (χ0v) is 9.27. The van der Waals surface area contributed by atoms with E-state index < -0.39 is 0 Å². The predicted molar refractivity (Wildman–Crippen MR) is 67.2 cm³/mol. The first-order chi connectivity index (χ1) is 7.75.